The molecule has 0 aliphatic carbocycles. The maximum absolute atomic E-state index is 11.9. The van der Waals surface area contributed by atoms with Crippen molar-refractivity contribution in [2.45, 2.75) is 57.3 Å². The smallest absolute Gasteiger partial charge is 0.316 e. The van der Waals surface area contributed by atoms with Crippen LogP contribution < -0.4 is 4.74 Å². The molecule has 2 heterocycles. The highest BCUT2D eigenvalue weighted by atomic mass is 16.7. The molecule has 1 fully saturated rings. The maximum atomic E-state index is 11.9. The van der Waals surface area contributed by atoms with Gasteiger partial charge in [-0.3, -0.25) is 0 Å². The fourth-order valence-corrected chi connectivity index (χ4v) is 4.56. The lowest BCUT2D eigenvalue weighted by atomic mass is 9.98. The third-order valence-corrected chi connectivity index (χ3v) is 6.59. The minimum Gasteiger partial charge on any atom is -0.459 e. The lowest BCUT2D eigenvalue weighted by molar-refractivity contribution is -0.250. The molecule has 1 aliphatic rings. The van der Waals surface area contributed by atoms with Crippen LogP contribution in [-0.4, -0.2) is 33.4 Å². The molecule has 0 bridgehead atoms. The average Bonchev–Trinajstić information content (AvgIpc) is 3.27. The van der Waals surface area contributed by atoms with E-state index in [2.05, 4.69) is 9.97 Å². The van der Waals surface area contributed by atoms with Crippen molar-refractivity contribution < 1.29 is 24.1 Å². The number of nitrogens with zero attached hydrogens (tertiary/aromatic N) is 2. The first-order chi connectivity index (χ1) is 18.7. The molecular formula is C31H32N2O5. The first-order valence-corrected chi connectivity index (χ1v) is 12.9. The van der Waals surface area contributed by atoms with E-state index in [0.29, 0.717) is 25.2 Å². The lowest BCUT2D eigenvalue weighted by Crippen LogP contribution is -2.44. The molecule has 0 amide bonds. The Bertz CT molecular complexity index is 1260. The van der Waals surface area contributed by atoms with E-state index in [4.69, 9.17) is 18.9 Å². The van der Waals surface area contributed by atoms with Gasteiger partial charge in [0.1, 0.15) is 18.8 Å². The van der Waals surface area contributed by atoms with Gasteiger partial charge in [0.05, 0.1) is 24.9 Å². The van der Waals surface area contributed by atoms with E-state index in [1.54, 1.807) is 0 Å². The number of aliphatic hydroxyl groups is 1. The van der Waals surface area contributed by atoms with E-state index in [9.17, 15) is 5.11 Å². The summed E-state index contributed by atoms with van der Waals surface area (Å²) in [6.07, 6.45) is 1.97. The van der Waals surface area contributed by atoms with Crippen molar-refractivity contribution in [3.8, 4) is 6.01 Å². The van der Waals surface area contributed by atoms with Crippen molar-refractivity contribution in [3.63, 3.8) is 0 Å². The molecule has 0 radical (unpaired) electrons. The van der Waals surface area contributed by atoms with Crippen LogP contribution in [0.5, 0.6) is 6.01 Å². The normalized spacial score (nSPS) is 22.8. The van der Waals surface area contributed by atoms with Crippen molar-refractivity contribution in [1.82, 2.24) is 9.97 Å². The van der Waals surface area contributed by atoms with E-state index in [0.717, 1.165) is 16.7 Å². The van der Waals surface area contributed by atoms with Crippen molar-refractivity contribution in [2.75, 3.05) is 0 Å². The topological polar surface area (TPSA) is 82.9 Å². The third kappa shape index (κ3) is 6.09. The molecular weight excluding hydrogens is 480 g/mol. The number of hydrogen-bond donors (Lipinski definition) is 1. The van der Waals surface area contributed by atoms with Gasteiger partial charge in [0, 0.05) is 12.4 Å². The van der Waals surface area contributed by atoms with Crippen molar-refractivity contribution in [2.24, 2.45) is 0 Å². The summed E-state index contributed by atoms with van der Waals surface area (Å²) in [6, 6.07) is 29.8. The molecule has 1 aliphatic heterocycles. The molecule has 0 spiro atoms. The molecule has 3 aromatic carbocycles. The molecule has 196 valence electrons. The van der Waals surface area contributed by atoms with Crippen molar-refractivity contribution in [1.29, 1.82) is 0 Å². The Labute approximate surface area is 223 Å². The SMILES string of the molecule is CC[C@H]1OC(O)(c2cnc(OCc3ccccc3)nc2)[C@@H](OCc2ccccc2)C1OCc1ccccc1. The van der Waals surface area contributed by atoms with Crippen LogP contribution in [-0.2, 0) is 39.8 Å². The zero-order chi connectivity index (χ0) is 26.2. The molecule has 2 unspecified atom stereocenters. The second-order valence-corrected chi connectivity index (χ2v) is 9.27. The lowest BCUT2D eigenvalue weighted by Gasteiger charge is -2.30. The first kappa shape index (κ1) is 26.0. The molecule has 5 rings (SSSR count). The molecule has 4 aromatic rings. The molecule has 1 saturated heterocycles. The zero-order valence-electron chi connectivity index (χ0n) is 21.4. The van der Waals surface area contributed by atoms with Gasteiger partial charge in [-0.25, -0.2) is 9.97 Å². The Kier molecular flexibility index (Phi) is 8.41. The number of hydrogen-bond acceptors (Lipinski definition) is 7. The molecule has 38 heavy (non-hydrogen) atoms. The predicted octanol–water partition coefficient (Wildman–Crippen LogP) is 5.18. The van der Waals surface area contributed by atoms with Gasteiger partial charge in [-0.15, -0.1) is 0 Å². The van der Waals surface area contributed by atoms with E-state index < -0.39 is 24.1 Å². The van der Waals surface area contributed by atoms with Crippen LogP contribution in [0.2, 0.25) is 0 Å². The third-order valence-electron chi connectivity index (χ3n) is 6.59. The highest BCUT2D eigenvalue weighted by molar-refractivity contribution is 5.21. The summed E-state index contributed by atoms with van der Waals surface area (Å²) in [5.41, 5.74) is 3.41. The Morgan fingerprint density at radius 2 is 1.24 bits per heavy atom. The Balaban J connectivity index is 1.36. The van der Waals surface area contributed by atoms with E-state index in [-0.39, 0.29) is 12.6 Å². The van der Waals surface area contributed by atoms with Crippen LogP contribution in [0.3, 0.4) is 0 Å². The predicted molar refractivity (Wildman–Crippen MR) is 142 cm³/mol. The minimum absolute atomic E-state index is 0.213. The zero-order valence-corrected chi connectivity index (χ0v) is 21.4. The van der Waals surface area contributed by atoms with Crippen molar-refractivity contribution >= 4 is 0 Å². The Hall–Kier alpha value is -3.62. The largest absolute Gasteiger partial charge is 0.459 e. The van der Waals surface area contributed by atoms with E-state index in [1.165, 1.54) is 12.4 Å². The van der Waals surface area contributed by atoms with Crippen LogP contribution in [0.4, 0.5) is 0 Å². The Morgan fingerprint density at radius 3 is 1.76 bits per heavy atom. The summed E-state index contributed by atoms with van der Waals surface area (Å²) in [6.45, 7) is 3.00. The number of aromatic nitrogens is 2. The Morgan fingerprint density at radius 1 is 0.737 bits per heavy atom. The van der Waals surface area contributed by atoms with Gasteiger partial charge >= 0.3 is 6.01 Å². The van der Waals surface area contributed by atoms with Crippen LogP contribution in [0.25, 0.3) is 0 Å². The highest BCUT2D eigenvalue weighted by Crippen LogP contribution is 2.42. The van der Waals surface area contributed by atoms with Gasteiger partial charge in [-0.1, -0.05) is 97.9 Å². The van der Waals surface area contributed by atoms with Gasteiger partial charge in [-0.2, -0.15) is 0 Å². The number of ether oxygens (including phenoxy) is 4. The van der Waals surface area contributed by atoms with E-state index >= 15 is 0 Å². The summed E-state index contributed by atoms with van der Waals surface area (Å²) in [4.78, 5) is 8.67. The molecule has 4 atom stereocenters. The summed E-state index contributed by atoms with van der Waals surface area (Å²) >= 11 is 0. The summed E-state index contributed by atoms with van der Waals surface area (Å²) in [7, 11) is 0. The highest BCUT2D eigenvalue weighted by Gasteiger charge is 2.57. The van der Waals surface area contributed by atoms with Gasteiger partial charge in [0.25, 0.3) is 0 Å². The van der Waals surface area contributed by atoms with Gasteiger partial charge in [0.2, 0.25) is 5.79 Å². The van der Waals surface area contributed by atoms with Gasteiger partial charge in [-0.05, 0) is 23.1 Å². The van der Waals surface area contributed by atoms with Crippen molar-refractivity contribution in [3.05, 3.63) is 126 Å². The molecule has 7 nitrogen and oxygen atoms in total. The van der Waals surface area contributed by atoms with Gasteiger partial charge < -0.3 is 24.1 Å². The molecule has 1 N–H and O–H groups in total. The number of rotatable bonds is 11. The summed E-state index contributed by atoms with van der Waals surface area (Å²) < 4.78 is 24.7. The summed E-state index contributed by atoms with van der Waals surface area (Å²) in [5, 5.41) is 11.9. The number of benzene rings is 3. The minimum atomic E-state index is -1.80. The molecule has 1 aromatic heterocycles. The average molecular weight is 513 g/mol. The van der Waals surface area contributed by atoms with Crippen LogP contribution in [0.1, 0.15) is 35.6 Å². The maximum Gasteiger partial charge on any atom is 0.316 e. The van der Waals surface area contributed by atoms with E-state index in [1.807, 2.05) is 97.9 Å². The van der Waals surface area contributed by atoms with Crippen LogP contribution in [0.15, 0.2) is 103 Å². The van der Waals surface area contributed by atoms with Gasteiger partial charge in [0.15, 0.2) is 0 Å². The second-order valence-electron chi connectivity index (χ2n) is 9.27. The standard InChI is InChI=1S/C31H32N2O5/c1-2-27-28(35-20-23-12-6-3-7-13-23)29(36-21-24-14-8-4-9-15-24)31(34,38-27)26-18-32-30(33-19-26)37-22-25-16-10-5-11-17-25/h3-19,27-29,34H,2,20-22H2,1H3/t27-,28?,29+,31?/m1/s1. The molecule has 7 heteroatoms. The van der Waals surface area contributed by atoms with Crippen LogP contribution >= 0.6 is 0 Å². The molecule has 0 saturated carbocycles. The van der Waals surface area contributed by atoms with Crippen LogP contribution in [0, 0.1) is 0 Å². The quantitative estimate of drug-likeness (QED) is 0.296. The monoisotopic (exact) mass is 512 g/mol. The first-order valence-electron chi connectivity index (χ1n) is 12.9. The second kappa shape index (κ2) is 12.3. The summed E-state index contributed by atoms with van der Waals surface area (Å²) in [5.74, 6) is -1.80. The fourth-order valence-electron chi connectivity index (χ4n) is 4.56. The fraction of sp³-hybridized carbons (Fsp3) is 0.290.